The highest BCUT2D eigenvalue weighted by Gasteiger charge is 2.25. The van der Waals surface area contributed by atoms with E-state index < -0.39 is 17.3 Å². The molecule has 0 atom stereocenters. The predicted molar refractivity (Wildman–Crippen MR) is 161 cm³/mol. The van der Waals surface area contributed by atoms with Crippen LogP contribution in [0.5, 0.6) is 5.75 Å². The van der Waals surface area contributed by atoms with Gasteiger partial charge in [-0.1, -0.05) is 111 Å². The zero-order valence-electron chi connectivity index (χ0n) is 25.6. The Labute approximate surface area is 237 Å². The van der Waals surface area contributed by atoms with Crippen LogP contribution in [0.3, 0.4) is 0 Å². The Kier molecular flexibility index (Phi) is 16.7. The second kappa shape index (κ2) is 18.8. The average molecular weight is 546 g/mol. The minimum atomic E-state index is -1.01. The topological polar surface area (TPSA) is 92.7 Å². The molecule has 1 aromatic carbocycles. The van der Waals surface area contributed by atoms with Gasteiger partial charge < -0.3 is 15.2 Å². The predicted octanol–water partition coefficient (Wildman–Crippen LogP) is 9.14. The fraction of sp³-hybridized carbons (Fsp3) is 0.727. The van der Waals surface area contributed by atoms with Crippen molar-refractivity contribution in [3.8, 4) is 5.75 Å². The summed E-state index contributed by atoms with van der Waals surface area (Å²) in [5.74, 6) is -1.19. The molecule has 0 fully saturated rings. The highest BCUT2D eigenvalue weighted by atomic mass is 16.5. The summed E-state index contributed by atoms with van der Waals surface area (Å²) in [7, 11) is 0. The zero-order valence-corrected chi connectivity index (χ0v) is 25.6. The molecule has 1 rings (SSSR count). The molecule has 6 nitrogen and oxygen atoms in total. The third-order valence-corrected chi connectivity index (χ3v) is 7.06. The number of unbranched alkanes of at least 4 members (excludes halogenated alkanes) is 13. The van der Waals surface area contributed by atoms with E-state index in [4.69, 9.17) is 4.74 Å². The molecule has 0 aliphatic rings. The number of nitrogens with one attached hydrogen (secondary N) is 1. The number of anilines is 1. The standard InChI is InChI=1S/C33H55NO5/c1-7-8-9-10-11-12-13-14-15-16-17-18-19-20-21-26-27(32(37)38)22-23-28(31(26)39-25(2)3)34-30(36)24-29(35)33(4,5)6/h22-23,25H,7-21,24H2,1-6H3,(H,34,36)(H,37,38). The lowest BCUT2D eigenvalue weighted by Gasteiger charge is -2.21. The van der Waals surface area contributed by atoms with Crippen LogP contribution in [0.15, 0.2) is 12.1 Å². The number of hydrogen-bond acceptors (Lipinski definition) is 4. The van der Waals surface area contributed by atoms with Crippen molar-refractivity contribution in [1.29, 1.82) is 0 Å². The molecule has 0 heterocycles. The first-order chi connectivity index (χ1) is 18.5. The summed E-state index contributed by atoms with van der Waals surface area (Å²) in [5, 5.41) is 12.6. The second-order valence-electron chi connectivity index (χ2n) is 12.2. The molecule has 222 valence electrons. The monoisotopic (exact) mass is 545 g/mol. The van der Waals surface area contributed by atoms with Crippen molar-refractivity contribution in [3.05, 3.63) is 23.3 Å². The number of ether oxygens (including phenoxy) is 1. The van der Waals surface area contributed by atoms with E-state index >= 15 is 0 Å². The van der Waals surface area contributed by atoms with Crippen molar-refractivity contribution in [2.45, 2.75) is 150 Å². The van der Waals surface area contributed by atoms with E-state index in [2.05, 4.69) is 12.2 Å². The number of aromatic carboxylic acids is 1. The number of ketones is 1. The van der Waals surface area contributed by atoms with Crippen LogP contribution in [0, 0.1) is 5.41 Å². The average Bonchev–Trinajstić information content (AvgIpc) is 2.84. The van der Waals surface area contributed by atoms with Crippen molar-refractivity contribution < 1.29 is 24.2 Å². The van der Waals surface area contributed by atoms with E-state index in [0.717, 1.165) is 19.3 Å². The molecule has 1 amide bonds. The van der Waals surface area contributed by atoms with Crippen LogP contribution < -0.4 is 10.1 Å². The third-order valence-electron chi connectivity index (χ3n) is 7.06. The van der Waals surface area contributed by atoms with Crippen molar-refractivity contribution in [2.75, 3.05) is 5.32 Å². The number of benzene rings is 1. The molecular weight excluding hydrogens is 490 g/mol. The van der Waals surface area contributed by atoms with E-state index in [1.165, 1.54) is 76.7 Å². The number of carbonyl (C=O) groups excluding carboxylic acids is 2. The molecule has 0 unspecified atom stereocenters. The molecule has 0 aliphatic carbocycles. The number of hydrogen-bond donors (Lipinski definition) is 2. The van der Waals surface area contributed by atoms with Crippen LogP contribution in [-0.2, 0) is 16.0 Å². The number of carbonyl (C=O) groups is 3. The normalized spacial score (nSPS) is 11.6. The van der Waals surface area contributed by atoms with E-state index in [0.29, 0.717) is 23.4 Å². The Morgan fingerprint density at radius 2 is 1.31 bits per heavy atom. The van der Waals surface area contributed by atoms with Crippen LogP contribution in [0.2, 0.25) is 0 Å². The Bertz CT molecular complexity index is 885. The van der Waals surface area contributed by atoms with Gasteiger partial charge in [0.1, 0.15) is 11.5 Å². The van der Waals surface area contributed by atoms with Crippen LogP contribution in [0.1, 0.15) is 154 Å². The van der Waals surface area contributed by atoms with Crippen molar-refractivity contribution in [1.82, 2.24) is 0 Å². The maximum Gasteiger partial charge on any atom is 0.336 e. The lowest BCUT2D eigenvalue weighted by Crippen LogP contribution is -2.26. The van der Waals surface area contributed by atoms with Crippen LogP contribution >= 0.6 is 0 Å². The lowest BCUT2D eigenvalue weighted by atomic mass is 9.89. The van der Waals surface area contributed by atoms with Crippen LogP contribution in [-0.4, -0.2) is 28.9 Å². The van der Waals surface area contributed by atoms with Gasteiger partial charge in [-0.25, -0.2) is 4.79 Å². The summed E-state index contributed by atoms with van der Waals surface area (Å²) in [4.78, 5) is 37.0. The number of rotatable bonds is 21. The smallest absolute Gasteiger partial charge is 0.336 e. The Morgan fingerprint density at radius 1 is 0.821 bits per heavy atom. The molecule has 1 aromatic rings. The molecule has 0 saturated heterocycles. The summed E-state index contributed by atoms with van der Waals surface area (Å²) in [5.41, 5.74) is 0.612. The zero-order chi connectivity index (χ0) is 29.3. The SMILES string of the molecule is CCCCCCCCCCCCCCCCc1c(C(=O)O)ccc(NC(=O)CC(=O)C(C)(C)C)c1OC(C)C. The maximum absolute atomic E-state index is 12.6. The molecule has 0 aliphatic heterocycles. The largest absolute Gasteiger partial charge is 0.489 e. The van der Waals surface area contributed by atoms with Gasteiger partial charge >= 0.3 is 5.97 Å². The first-order valence-corrected chi connectivity index (χ1v) is 15.4. The Hall–Kier alpha value is -2.37. The molecule has 39 heavy (non-hydrogen) atoms. The van der Waals surface area contributed by atoms with E-state index in [-0.39, 0.29) is 23.9 Å². The minimum Gasteiger partial charge on any atom is -0.489 e. The quantitative estimate of drug-likeness (QED) is 0.119. The molecule has 0 radical (unpaired) electrons. The van der Waals surface area contributed by atoms with Gasteiger partial charge in [0.25, 0.3) is 0 Å². The molecule has 2 N–H and O–H groups in total. The molecule has 0 bridgehead atoms. The Morgan fingerprint density at radius 3 is 1.74 bits per heavy atom. The maximum atomic E-state index is 12.6. The van der Waals surface area contributed by atoms with Gasteiger partial charge in [0.05, 0.1) is 23.8 Å². The van der Waals surface area contributed by atoms with E-state index in [9.17, 15) is 19.5 Å². The summed E-state index contributed by atoms with van der Waals surface area (Å²) in [6, 6.07) is 3.09. The first-order valence-electron chi connectivity index (χ1n) is 15.4. The Balaban J connectivity index is 2.64. The molecular formula is C33H55NO5. The van der Waals surface area contributed by atoms with Gasteiger partial charge in [0.2, 0.25) is 5.91 Å². The van der Waals surface area contributed by atoms with Gasteiger partial charge in [-0.05, 0) is 38.8 Å². The number of Topliss-reactive ketones (excluding diaryl/α,β-unsaturated/α-hetero) is 1. The highest BCUT2D eigenvalue weighted by molar-refractivity contribution is 6.06. The van der Waals surface area contributed by atoms with E-state index in [1.807, 2.05) is 13.8 Å². The van der Waals surface area contributed by atoms with Crippen LogP contribution in [0.25, 0.3) is 0 Å². The summed E-state index contributed by atoms with van der Waals surface area (Å²) < 4.78 is 6.05. The second-order valence-corrected chi connectivity index (χ2v) is 12.2. The summed E-state index contributed by atoms with van der Waals surface area (Å²) in [6.45, 7) is 11.4. The molecule has 0 spiro atoms. The van der Waals surface area contributed by atoms with Crippen molar-refractivity contribution in [2.24, 2.45) is 5.41 Å². The van der Waals surface area contributed by atoms with Gasteiger partial charge in [-0.3, -0.25) is 9.59 Å². The first kappa shape index (κ1) is 34.7. The summed E-state index contributed by atoms with van der Waals surface area (Å²) >= 11 is 0. The lowest BCUT2D eigenvalue weighted by molar-refractivity contribution is -0.130. The number of amides is 1. The molecule has 0 saturated carbocycles. The fourth-order valence-corrected chi connectivity index (χ4v) is 4.65. The van der Waals surface area contributed by atoms with Crippen molar-refractivity contribution >= 4 is 23.3 Å². The van der Waals surface area contributed by atoms with E-state index in [1.54, 1.807) is 26.8 Å². The fourth-order valence-electron chi connectivity index (χ4n) is 4.65. The highest BCUT2D eigenvalue weighted by Crippen LogP contribution is 2.35. The van der Waals surface area contributed by atoms with Gasteiger partial charge in [-0.2, -0.15) is 0 Å². The van der Waals surface area contributed by atoms with Gasteiger partial charge in [0, 0.05) is 11.0 Å². The molecule has 6 heteroatoms. The molecule has 0 aromatic heterocycles. The minimum absolute atomic E-state index is 0.156. The summed E-state index contributed by atoms with van der Waals surface area (Å²) in [6.07, 6.45) is 17.7. The third kappa shape index (κ3) is 14.5. The van der Waals surface area contributed by atoms with Gasteiger partial charge in [0.15, 0.2) is 0 Å². The number of carboxylic acid groups (broad SMARTS) is 1. The van der Waals surface area contributed by atoms with Crippen LogP contribution in [0.4, 0.5) is 5.69 Å². The van der Waals surface area contributed by atoms with Gasteiger partial charge in [-0.15, -0.1) is 0 Å². The van der Waals surface area contributed by atoms with Crippen molar-refractivity contribution in [3.63, 3.8) is 0 Å². The number of carboxylic acids is 1.